The summed E-state index contributed by atoms with van der Waals surface area (Å²) in [7, 11) is 1.83. The fourth-order valence-electron chi connectivity index (χ4n) is 4.03. The van der Waals surface area contributed by atoms with Crippen LogP contribution in [0.15, 0.2) is 47.0 Å². The van der Waals surface area contributed by atoms with Crippen LogP contribution in [0.25, 0.3) is 11.5 Å². The van der Waals surface area contributed by atoms with Crippen molar-refractivity contribution in [3.8, 4) is 11.5 Å². The zero-order valence-electron chi connectivity index (χ0n) is 18.8. The van der Waals surface area contributed by atoms with E-state index < -0.39 is 0 Å². The van der Waals surface area contributed by atoms with Crippen molar-refractivity contribution in [2.45, 2.75) is 41.2 Å². The Hall–Kier alpha value is -3.61. The second kappa shape index (κ2) is 7.91. The first kappa shape index (κ1) is 20.7. The lowest BCUT2D eigenvalue weighted by molar-refractivity contribution is 0.0784. The normalized spacial score (nSPS) is 11.2. The third kappa shape index (κ3) is 3.67. The molecule has 4 rings (SSSR count). The molecule has 0 radical (unpaired) electrons. The van der Waals surface area contributed by atoms with Gasteiger partial charge in [0.2, 0.25) is 0 Å². The number of hydrogen-bond acceptors (Lipinski definition) is 4. The molecule has 3 heterocycles. The predicted molar refractivity (Wildman–Crippen MR) is 119 cm³/mol. The van der Waals surface area contributed by atoms with E-state index in [2.05, 4.69) is 5.16 Å². The van der Waals surface area contributed by atoms with Gasteiger partial charge in [0.15, 0.2) is 5.82 Å². The van der Waals surface area contributed by atoms with Crippen LogP contribution in [-0.2, 0) is 6.54 Å². The average Bonchev–Trinajstić information content (AvgIpc) is 3.39. The van der Waals surface area contributed by atoms with E-state index in [1.54, 1.807) is 4.90 Å². The second-order valence-electron chi connectivity index (χ2n) is 7.97. The lowest BCUT2D eigenvalue weighted by atomic mass is 10.1. The van der Waals surface area contributed by atoms with Crippen LogP contribution in [0, 0.1) is 34.6 Å². The van der Waals surface area contributed by atoms with Crippen molar-refractivity contribution in [2.75, 3.05) is 7.05 Å². The Morgan fingerprint density at radius 1 is 1.03 bits per heavy atom. The minimum atomic E-state index is -0.0363. The molecule has 4 aromatic rings. The molecule has 1 amide bonds. The average molecular weight is 418 g/mol. The van der Waals surface area contributed by atoms with Gasteiger partial charge in [-0.15, -0.1) is 0 Å². The lowest BCUT2D eigenvalue weighted by Gasteiger charge is -2.18. The van der Waals surface area contributed by atoms with Crippen molar-refractivity contribution in [3.63, 3.8) is 0 Å². The first-order valence-electron chi connectivity index (χ1n) is 10.3. The number of aryl methyl sites for hydroxylation is 3. The van der Waals surface area contributed by atoms with Gasteiger partial charge in [0, 0.05) is 42.3 Å². The molecular formula is C24H27N5O2. The highest BCUT2D eigenvalue weighted by atomic mass is 16.5. The van der Waals surface area contributed by atoms with E-state index in [0.717, 1.165) is 39.8 Å². The molecule has 0 atom stereocenters. The monoisotopic (exact) mass is 417 g/mol. The molecule has 7 nitrogen and oxygen atoms in total. The van der Waals surface area contributed by atoms with Gasteiger partial charge in [-0.2, -0.15) is 5.10 Å². The maximum Gasteiger partial charge on any atom is 0.255 e. The predicted octanol–water partition coefficient (Wildman–Crippen LogP) is 4.47. The van der Waals surface area contributed by atoms with Gasteiger partial charge in [0.05, 0.1) is 16.9 Å². The molecule has 0 saturated heterocycles. The van der Waals surface area contributed by atoms with Crippen LogP contribution in [0.1, 0.15) is 44.5 Å². The fourth-order valence-corrected chi connectivity index (χ4v) is 4.03. The summed E-state index contributed by atoms with van der Waals surface area (Å²) in [6, 6.07) is 13.8. The van der Waals surface area contributed by atoms with Gasteiger partial charge in [0.25, 0.3) is 5.91 Å². The molecule has 0 N–H and O–H groups in total. The molecule has 160 valence electrons. The van der Waals surface area contributed by atoms with Gasteiger partial charge in [0.1, 0.15) is 5.76 Å². The highest BCUT2D eigenvalue weighted by Gasteiger charge is 2.23. The van der Waals surface area contributed by atoms with E-state index in [0.29, 0.717) is 17.9 Å². The van der Waals surface area contributed by atoms with Gasteiger partial charge < -0.3 is 9.42 Å². The number of nitrogens with zero attached hydrogens (tertiary/aromatic N) is 5. The number of aromatic nitrogens is 4. The summed E-state index contributed by atoms with van der Waals surface area (Å²) in [6.07, 6.45) is 0. The molecule has 3 aromatic heterocycles. The molecule has 31 heavy (non-hydrogen) atoms. The number of hydrogen-bond donors (Lipinski definition) is 0. The zero-order valence-corrected chi connectivity index (χ0v) is 18.8. The summed E-state index contributed by atoms with van der Waals surface area (Å²) < 4.78 is 9.09. The third-order valence-corrected chi connectivity index (χ3v) is 5.69. The van der Waals surface area contributed by atoms with Crippen LogP contribution >= 0.6 is 0 Å². The van der Waals surface area contributed by atoms with Crippen LogP contribution in [0.3, 0.4) is 0 Å². The topological polar surface area (TPSA) is 69.1 Å². The summed E-state index contributed by atoms with van der Waals surface area (Å²) in [5, 5.41) is 8.80. The standard InChI is InChI=1S/C24H27N5O2/c1-15-12-21(18(4)28(15)23-13-16(2)31-26-23)24(30)27(6)14-22-17(3)25-29(19(22)5)20-10-8-7-9-11-20/h7-13H,14H2,1-6H3. The Labute approximate surface area is 181 Å². The van der Waals surface area contributed by atoms with Gasteiger partial charge in [-0.1, -0.05) is 23.4 Å². The van der Waals surface area contributed by atoms with Crippen molar-refractivity contribution >= 4 is 5.91 Å². The maximum atomic E-state index is 13.3. The first-order valence-corrected chi connectivity index (χ1v) is 10.3. The minimum Gasteiger partial charge on any atom is -0.360 e. The summed E-state index contributed by atoms with van der Waals surface area (Å²) in [5.74, 6) is 1.38. The number of rotatable bonds is 5. The highest BCUT2D eigenvalue weighted by Crippen LogP contribution is 2.24. The van der Waals surface area contributed by atoms with E-state index >= 15 is 0 Å². The van der Waals surface area contributed by atoms with Gasteiger partial charge >= 0.3 is 0 Å². The minimum absolute atomic E-state index is 0.0363. The van der Waals surface area contributed by atoms with Gasteiger partial charge in [-0.25, -0.2) is 4.68 Å². The molecule has 0 fully saturated rings. The first-order chi connectivity index (χ1) is 14.8. The Morgan fingerprint density at radius 3 is 2.39 bits per heavy atom. The third-order valence-electron chi connectivity index (χ3n) is 5.69. The SMILES string of the molecule is Cc1cc(-n2c(C)cc(C(=O)N(C)Cc3c(C)nn(-c4ccccc4)c3C)c2C)no1. The quantitative estimate of drug-likeness (QED) is 0.481. The van der Waals surface area contributed by atoms with Crippen molar-refractivity contribution < 1.29 is 9.32 Å². The highest BCUT2D eigenvalue weighted by molar-refractivity contribution is 5.95. The van der Waals surface area contributed by atoms with Gasteiger partial charge in [-0.3, -0.25) is 9.36 Å². The van der Waals surface area contributed by atoms with Gasteiger partial charge in [-0.05, 0) is 52.8 Å². The number of carbonyl (C=O) groups excluding carboxylic acids is 1. The summed E-state index contributed by atoms with van der Waals surface area (Å²) >= 11 is 0. The molecule has 1 aromatic carbocycles. The van der Waals surface area contributed by atoms with Crippen molar-refractivity contribution in [1.29, 1.82) is 0 Å². The van der Waals surface area contributed by atoms with E-state index in [1.165, 1.54) is 0 Å². The van der Waals surface area contributed by atoms with Crippen LogP contribution in [0.2, 0.25) is 0 Å². The molecule has 0 unspecified atom stereocenters. The van der Waals surface area contributed by atoms with E-state index in [1.807, 2.05) is 93.4 Å². The second-order valence-corrected chi connectivity index (χ2v) is 7.97. The van der Waals surface area contributed by atoms with Crippen LogP contribution < -0.4 is 0 Å². The Kier molecular flexibility index (Phi) is 5.27. The van der Waals surface area contributed by atoms with Crippen molar-refractivity contribution in [3.05, 3.63) is 82.1 Å². The Bertz CT molecular complexity index is 1250. The molecule has 0 spiro atoms. The molecule has 0 saturated carbocycles. The van der Waals surface area contributed by atoms with Crippen molar-refractivity contribution in [1.82, 2.24) is 24.4 Å². The molecule has 0 bridgehead atoms. The van der Waals surface area contributed by atoms with Crippen LogP contribution in [-0.4, -0.2) is 37.4 Å². The lowest BCUT2D eigenvalue weighted by Crippen LogP contribution is -2.27. The Balaban J connectivity index is 1.61. The summed E-state index contributed by atoms with van der Waals surface area (Å²) in [6.45, 7) is 10.3. The fraction of sp³-hybridized carbons (Fsp3) is 0.292. The van der Waals surface area contributed by atoms with Crippen LogP contribution in [0.5, 0.6) is 0 Å². The van der Waals surface area contributed by atoms with E-state index in [-0.39, 0.29) is 5.91 Å². The largest absolute Gasteiger partial charge is 0.360 e. The smallest absolute Gasteiger partial charge is 0.255 e. The van der Waals surface area contributed by atoms with E-state index in [9.17, 15) is 4.79 Å². The maximum absolute atomic E-state index is 13.3. The molecule has 0 aliphatic heterocycles. The number of para-hydroxylation sites is 1. The summed E-state index contributed by atoms with van der Waals surface area (Å²) in [4.78, 5) is 15.1. The molecule has 0 aliphatic carbocycles. The molecular weight excluding hydrogens is 390 g/mol. The molecule has 0 aliphatic rings. The number of benzene rings is 1. The van der Waals surface area contributed by atoms with E-state index in [4.69, 9.17) is 9.62 Å². The number of carbonyl (C=O) groups is 1. The summed E-state index contributed by atoms with van der Waals surface area (Å²) in [5.41, 5.74) is 6.46. The molecule has 7 heteroatoms. The Morgan fingerprint density at radius 2 is 1.74 bits per heavy atom. The van der Waals surface area contributed by atoms with Crippen molar-refractivity contribution in [2.24, 2.45) is 0 Å². The van der Waals surface area contributed by atoms with Crippen LogP contribution in [0.4, 0.5) is 0 Å². The zero-order chi connectivity index (χ0) is 22.3. The number of amides is 1.